The second kappa shape index (κ2) is 13.3. The number of nitrogens with zero attached hydrogens (tertiary/aromatic N) is 2. The molecule has 1 amide bonds. The van der Waals surface area contributed by atoms with E-state index in [2.05, 4.69) is 34.6 Å². The van der Waals surface area contributed by atoms with Crippen LogP contribution in [0.4, 0.5) is 0 Å². The fourth-order valence-electron chi connectivity index (χ4n) is 3.82. The van der Waals surface area contributed by atoms with Crippen molar-refractivity contribution < 1.29 is 9.53 Å². The van der Waals surface area contributed by atoms with Crippen molar-refractivity contribution in [3.05, 3.63) is 65.2 Å². The Hall–Kier alpha value is -2.33. The van der Waals surface area contributed by atoms with Gasteiger partial charge in [0.1, 0.15) is 5.75 Å². The summed E-state index contributed by atoms with van der Waals surface area (Å²) in [6.45, 7) is 6.34. The zero-order valence-electron chi connectivity index (χ0n) is 18.8. The standard InChI is InChI=1S/C24H33N5O2.HI/c1-3-26-24(27-16-18-6-8-20(9-7-18)23(25)30)28-17-22(29-14-4-5-15-29)19-10-12-21(31-2)13-11-19;/h6-13,22H,3-5,14-17H2,1-2H3,(H2,25,30)(H2,26,27,28);1H. The average molecular weight is 551 g/mol. The molecule has 1 atom stereocenters. The molecule has 2 aromatic carbocycles. The van der Waals surface area contributed by atoms with Crippen LogP contribution in [0.3, 0.4) is 0 Å². The maximum absolute atomic E-state index is 11.2. The van der Waals surface area contributed by atoms with Crippen LogP contribution in [-0.2, 0) is 6.54 Å². The van der Waals surface area contributed by atoms with Gasteiger partial charge < -0.3 is 21.1 Å². The fraction of sp³-hybridized carbons (Fsp3) is 0.417. The number of hydrogen-bond donors (Lipinski definition) is 3. The molecule has 0 saturated carbocycles. The van der Waals surface area contributed by atoms with Crippen molar-refractivity contribution in [3.8, 4) is 5.75 Å². The molecule has 1 unspecified atom stereocenters. The second-order valence-electron chi connectivity index (χ2n) is 7.67. The Kier molecular flexibility index (Phi) is 10.8. The normalized spacial score (nSPS) is 15.0. The van der Waals surface area contributed by atoms with E-state index in [0.29, 0.717) is 12.1 Å². The first kappa shape index (κ1) is 25.9. The van der Waals surface area contributed by atoms with Crippen LogP contribution in [0.2, 0.25) is 0 Å². The molecule has 8 heteroatoms. The van der Waals surface area contributed by atoms with Gasteiger partial charge in [0.15, 0.2) is 5.96 Å². The summed E-state index contributed by atoms with van der Waals surface area (Å²) in [6.07, 6.45) is 2.48. The molecular weight excluding hydrogens is 517 g/mol. The SMILES string of the molecule is CCNC(=NCc1ccc(C(N)=O)cc1)NCC(c1ccc(OC)cc1)N1CCCC1.I. The number of benzene rings is 2. The zero-order valence-corrected chi connectivity index (χ0v) is 21.2. The second-order valence-corrected chi connectivity index (χ2v) is 7.67. The summed E-state index contributed by atoms with van der Waals surface area (Å²) < 4.78 is 5.31. The van der Waals surface area contributed by atoms with Crippen molar-refractivity contribution in [2.45, 2.75) is 32.4 Å². The van der Waals surface area contributed by atoms with Gasteiger partial charge in [0, 0.05) is 18.7 Å². The summed E-state index contributed by atoms with van der Waals surface area (Å²) >= 11 is 0. The molecule has 2 aromatic rings. The highest BCUT2D eigenvalue weighted by atomic mass is 127. The number of likely N-dealkylation sites (tertiary alicyclic amines) is 1. The van der Waals surface area contributed by atoms with Crippen molar-refractivity contribution in [1.29, 1.82) is 0 Å². The molecule has 0 bridgehead atoms. The molecule has 1 saturated heterocycles. The summed E-state index contributed by atoms with van der Waals surface area (Å²) in [5, 5.41) is 6.84. The molecule has 3 rings (SSSR count). The molecular formula is C24H34IN5O2. The van der Waals surface area contributed by atoms with Crippen molar-refractivity contribution in [2.24, 2.45) is 10.7 Å². The highest BCUT2D eigenvalue weighted by Gasteiger charge is 2.23. The van der Waals surface area contributed by atoms with Crippen LogP contribution in [0.5, 0.6) is 5.75 Å². The minimum atomic E-state index is -0.420. The maximum Gasteiger partial charge on any atom is 0.248 e. The Morgan fingerprint density at radius 1 is 1.09 bits per heavy atom. The minimum Gasteiger partial charge on any atom is -0.497 e. The summed E-state index contributed by atoms with van der Waals surface area (Å²) in [5.41, 5.74) is 8.11. The molecule has 0 spiro atoms. The molecule has 1 fully saturated rings. The van der Waals surface area contributed by atoms with Crippen LogP contribution >= 0.6 is 24.0 Å². The van der Waals surface area contributed by atoms with E-state index in [1.807, 2.05) is 24.3 Å². The van der Waals surface area contributed by atoms with Gasteiger partial charge >= 0.3 is 0 Å². The van der Waals surface area contributed by atoms with Gasteiger partial charge in [-0.1, -0.05) is 24.3 Å². The lowest BCUT2D eigenvalue weighted by atomic mass is 10.1. The van der Waals surface area contributed by atoms with Gasteiger partial charge in [-0.15, -0.1) is 24.0 Å². The molecule has 174 valence electrons. The van der Waals surface area contributed by atoms with Gasteiger partial charge in [-0.2, -0.15) is 0 Å². The number of guanidine groups is 1. The summed E-state index contributed by atoms with van der Waals surface area (Å²) in [6, 6.07) is 15.9. The monoisotopic (exact) mass is 551 g/mol. The predicted octanol–water partition coefficient (Wildman–Crippen LogP) is 3.30. The lowest BCUT2D eigenvalue weighted by Gasteiger charge is -2.29. The maximum atomic E-state index is 11.2. The molecule has 0 aliphatic carbocycles. The summed E-state index contributed by atoms with van der Waals surface area (Å²) in [4.78, 5) is 18.5. The Balaban J connectivity index is 0.00000363. The minimum absolute atomic E-state index is 0. The highest BCUT2D eigenvalue weighted by molar-refractivity contribution is 14.0. The van der Waals surface area contributed by atoms with E-state index in [1.165, 1.54) is 18.4 Å². The quantitative estimate of drug-likeness (QED) is 0.253. The molecule has 32 heavy (non-hydrogen) atoms. The Morgan fingerprint density at radius 2 is 1.75 bits per heavy atom. The smallest absolute Gasteiger partial charge is 0.248 e. The number of nitrogens with two attached hydrogens (primary N) is 1. The van der Waals surface area contributed by atoms with Crippen LogP contribution in [0.25, 0.3) is 0 Å². The van der Waals surface area contributed by atoms with E-state index in [4.69, 9.17) is 15.5 Å². The van der Waals surface area contributed by atoms with Gasteiger partial charge in [-0.3, -0.25) is 9.69 Å². The van der Waals surface area contributed by atoms with Gasteiger partial charge in [-0.25, -0.2) is 4.99 Å². The topological polar surface area (TPSA) is 92.0 Å². The summed E-state index contributed by atoms with van der Waals surface area (Å²) in [5.74, 6) is 1.23. The first-order valence-corrected chi connectivity index (χ1v) is 10.9. The van der Waals surface area contributed by atoms with Crippen LogP contribution < -0.4 is 21.1 Å². The lowest BCUT2D eigenvalue weighted by Crippen LogP contribution is -2.42. The summed E-state index contributed by atoms with van der Waals surface area (Å²) in [7, 11) is 1.69. The van der Waals surface area contributed by atoms with Crippen molar-refractivity contribution >= 4 is 35.8 Å². The van der Waals surface area contributed by atoms with Crippen LogP contribution in [0, 0.1) is 0 Å². The number of carbonyl (C=O) groups excluding carboxylic acids is 1. The number of carbonyl (C=O) groups is 1. The fourth-order valence-corrected chi connectivity index (χ4v) is 3.82. The molecule has 0 aromatic heterocycles. The molecule has 1 aliphatic rings. The molecule has 0 radical (unpaired) electrons. The van der Waals surface area contributed by atoms with Crippen LogP contribution in [-0.4, -0.2) is 50.1 Å². The lowest BCUT2D eigenvalue weighted by molar-refractivity contribution is 0.100. The third-order valence-corrected chi connectivity index (χ3v) is 5.55. The third kappa shape index (κ3) is 7.37. The number of nitrogens with one attached hydrogen (secondary N) is 2. The number of aliphatic imine (C=N–C) groups is 1. The van der Waals surface area contributed by atoms with Crippen LogP contribution in [0.1, 0.15) is 47.3 Å². The van der Waals surface area contributed by atoms with Gasteiger partial charge in [0.2, 0.25) is 5.91 Å². The Labute approximate surface area is 207 Å². The van der Waals surface area contributed by atoms with Gasteiger partial charge in [-0.05, 0) is 68.2 Å². The Morgan fingerprint density at radius 3 is 2.31 bits per heavy atom. The van der Waals surface area contributed by atoms with Crippen molar-refractivity contribution in [1.82, 2.24) is 15.5 Å². The molecule has 1 heterocycles. The van der Waals surface area contributed by atoms with E-state index in [9.17, 15) is 4.79 Å². The van der Waals surface area contributed by atoms with E-state index >= 15 is 0 Å². The van der Waals surface area contributed by atoms with E-state index in [1.54, 1.807) is 19.2 Å². The van der Waals surface area contributed by atoms with Gasteiger partial charge in [0.25, 0.3) is 0 Å². The Bertz CT molecular complexity index is 865. The molecule has 4 N–H and O–H groups in total. The number of halogens is 1. The number of primary amides is 1. The zero-order chi connectivity index (χ0) is 22.1. The highest BCUT2D eigenvalue weighted by Crippen LogP contribution is 2.26. The first-order chi connectivity index (χ1) is 15.1. The van der Waals surface area contributed by atoms with E-state index < -0.39 is 5.91 Å². The predicted molar refractivity (Wildman–Crippen MR) is 140 cm³/mol. The number of hydrogen-bond acceptors (Lipinski definition) is 4. The molecule has 1 aliphatic heterocycles. The number of amides is 1. The number of rotatable bonds is 9. The van der Waals surface area contributed by atoms with E-state index in [0.717, 1.165) is 43.5 Å². The van der Waals surface area contributed by atoms with Crippen molar-refractivity contribution in [3.63, 3.8) is 0 Å². The van der Waals surface area contributed by atoms with Gasteiger partial charge in [0.05, 0.1) is 19.7 Å². The third-order valence-electron chi connectivity index (χ3n) is 5.55. The van der Waals surface area contributed by atoms with Crippen LogP contribution in [0.15, 0.2) is 53.5 Å². The van der Waals surface area contributed by atoms with E-state index in [-0.39, 0.29) is 30.0 Å². The number of methoxy groups -OCH3 is 1. The van der Waals surface area contributed by atoms with Crippen molar-refractivity contribution in [2.75, 3.05) is 33.3 Å². The molecule has 7 nitrogen and oxygen atoms in total. The first-order valence-electron chi connectivity index (χ1n) is 10.9. The number of ether oxygens (including phenoxy) is 1. The largest absolute Gasteiger partial charge is 0.497 e. The average Bonchev–Trinajstić information content (AvgIpc) is 3.33.